The third kappa shape index (κ3) is 3.39. The quantitative estimate of drug-likeness (QED) is 0.895. The summed E-state index contributed by atoms with van der Waals surface area (Å²) in [5.41, 5.74) is 0.505. The van der Waals surface area contributed by atoms with Gasteiger partial charge >= 0.3 is 5.97 Å². The van der Waals surface area contributed by atoms with Gasteiger partial charge in [-0.05, 0) is 37.0 Å². The third-order valence-corrected chi connectivity index (χ3v) is 5.02. The number of hydrogen-bond donors (Lipinski definition) is 2. The fourth-order valence-corrected chi connectivity index (χ4v) is 3.57. The van der Waals surface area contributed by atoms with Crippen molar-refractivity contribution in [2.75, 3.05) is 13.2 Å². The van der Waals surface area contributed by atoms with Crippen molar-refractivity contribution < 1.29 is 19.4 Å². The van der Waals surface area contributed by atoms with Gasteiger partial charge in [-0.2, -0.15) is 0 Å². The molecule has 1 aromatic rings. The lowest BCUT2D eigenvalue weighted by atomic mass is 9.81. The van der Waals surface area contributed by atoms with E-state index in [4.69, 9.17) is 4.74 Å². The number of carbonyl (C=O) groups excluding carboxylic acids is 1. The van der Waals surface area contributed by atoms with Crippen LogP contribution in [0.15, 0.2) is 24.3 Å². The number of benzene rings is 1. The number of ether oxygens (including phenoxy) is 1. The smallest absolute Gasteiger partial charge is 0.329 e. The van der Waals surface area contributed by atoms with Crippen molar-refractivity contribution >= 4 is 11.9 Å². The second-order valence-corrected chi connectivity index (χ2v) is 6.59. The van der Waals surface area contributed by atoms with E-state index in [2.05, 4.69) is 5.32 Å². The van der Waals surface area contributed by atoms with Crippen LogP contribution in [0.1, 0.15) is 60.4 Å². The van der Waals surface area contributed by atoms with E-state index in [0.29, 0.717) is 30.9 Å². The SMILES string of the molecule is O=C(NC1(C(=O)O)CCCCC1)c1cccc(C2CCOC2)c1. The maximum Gasteiger partial charge on any atom is 0.329 e. The summed E-state index contributed by atoms with van der Waals surface area (Å²) in [5, 5.41) is 12.4. The largest absolute Gasteiger partial charge is 0.480 e. The van der Waals surface area contributed by atoms with Gasteiger partial charge in [0, 0.05) is 18.1 Å². The van der Waals surface area contributed by atoms with Gasteiger partial charge in [0.05, 0.1) is 6.61 Å². The van der Waals surface area contributed by atoms with Crippen LogP contribution in [0.25, 0.3) is 0 Å². The van der Waals surface area contributed by atoms with E-state index >= 15 is 0 Å². The van der Waals surface area contributed by atoms with Gasteiger partial charge in [-0.15, -0.1) is 0 Å². The van der Waals surface area contributed by atoms with Crippen LogP contribution in [-0.4, -0.2) is 35.7 Å². The van der Waals surface area contributed by atoms with Crippen LogP contribution < -0.4 is 5.32 Å². The fourth-order valence-electron chi connectivity index (χ4n) is 3.57. The number of nitrogens with one attached hydrogen (secondary N) is 1. The molecule has 0 bridgehead atoms. The van der Waals surface area contributed by atoms with Crippen molar-refractivity contribution in [3.05, 3.63) is 35.4 Å². The van der Waals surface area contributed by atoms with Gasteiger partial charge in [-0.1, -0.05) is 31.4 Å². The van der Waals surface area contributed by atoms with E-state index in [0.717, 1.165) is 37.9 Å². The first-order chi connectivity index (χ1) is 11.1. The first-order valence-corrected chi connectivity index (χ1v) is 8.34. The zero-order valence-corrected chi connectivity index (χ0v) is 13.2. The molecule has 0 spiro atoms. The molecule has 124 valence electrons. The molecule has 1 aromatic carbocycles. The van der Waals surface area contributed by atoms with E-state index in [-0.39, 0.29) is 5.91 Å². The first kappa shape index (κ1) is 16.0. The summed E-state index contributed by atoms with van der Waals surface area (Å²) in [5.74, 6) is -0.896. The van der Waals surface area contributed by atoms with Gasteiger partial charge in [0.2, 0.25) is 0 Å². The van der Waals surface area contributed by atoms with E-state index in [1.54, 1.807) is 6.07 Å². The van der Waals surface area contributed by atoms with E-state index < -0.39 is 11.5 Å². The van der Waals surface area contributed by atoms with Crippen molar-refractivity contribution in [2.45, 2.75) is 50.0 Å². The van der Waals surface area contributed by atoms with E-state index in [9.17, 15) is 14.7 Å². The Kier molecular flexibility index (Phi) is 4.66. The highest BCUT2D eigenvalue weighted by Crippen LogP contribution is 2.29. The van der Waals surface area contributed by atoms with Crippen molar-refractivity contribution in [3.8, 4) is 0 Å². The van der Waals surface area contributed by atoms with Crippen molar-refractivity contribution in [3.63, 3.8) is 0 Å². The van der Waals surface area contributed by atoms with Gasteiger partial charge in [0.15, 0.2) is 0 Å². The number of carbonyl (C=O) groups is 2. The third-order valence-electron chi connectivity index (χ3n) is 5.02. The number of carboxylic acid groups (broad SMARTS) is 1. The zero-order chi connectivity index (χ0) is 16.3. The van der Waals surface area contributed by atoms with Crippen molar-refractivity contribution in [2.24, 2.45) is 0 Å². The molecule has 2 N–H and O–H groups in total. The molecule has 1 unspecified atom stereocenters. The summed E-state index contributed by atoms with van der Waals surface area (Å²) in [4.78, 5) is 24.3. The zero-order valence-electron chi connectivity index (χ0n) is 13.2. The van der Waals surface area contributed by atoms with Gasteiger partial charge in [0.1, 0.15) is 5.54 Å². The molecule has 1 aliphatic carbocycles. The van der Waals surface area contributed by atoms with Gasteiger partial charge in [-0.25, -0.2) is 4.79 Å². The first-order valence-electron chi connectivity index (χ1n) is 8.34. The molecule has 23 heavy (non-hydrogen) atoms. The predicted octanol–water partition coefficient (Wildman–Crippen LogP) is 2.71. The Labute approximate surface area is 136 Å². The molecular weight excluding hydrogens is 294 g/mol. The van der Waals surface area contributed by atoms with Crippen molar-refractivity contribution in [1.82, 2.24) is 5.32 Å². The molecule has 5 nitrogen and oxygen atoms in total. The van der Waals surface area contributed by atoms with Crippen LogP contribution in [0.3, 0.4) is 0 Å². The highest BCUT2D eigenvalue weighted by molar-refractivity contribution is 5.98. The second-order valence-electron chi connectivity index (χ2n) is 6.59. The average Bonchev–Trinajstić information content (AvgIpc) is 3.10. The molecule has 1 amide bonds. The minimum Gasteiger partial charge on any atom is -0.480 e. The Morgan fingerprint density at radius 2 is 2.00 bits per heavy atom. The van der Waals surface area contributed by atoms with Crippen LogP contribution in [0.4, 0.5) is 0 Å². The molecule has 1 aliphatic heterocycles. The number of rotatable bonds is 4. The Morgan fingerprint density at radius 1 is 1.22 bits per heavy atom. The fraction of sp³-hybridized carbons (Fsp3) is 0.556. The lowest BCUT2D eigenvalue weighted by molar-refractivity contribution is -0.145. The molecule has 1 saturated heterocycles. The normalized spacial score (nSPS) is 23.4. The Hall–Kier alpha value is -1.88. The van der Waals surface area contributed by atoms with E-state index in [1.165, 1.54) is 0 Å². The van der Waals surface area contributed by atoms with Crippen molar-refractivity contribution in [1.29, 1.82) is 0 Å². The Balaban J connectivity index is 1.77. The van der Waals surface area contributed by atoms with Gasteiger partial charge in [0.25, 0.3) is 5.91 Å². The highest BCUT2D eigenvalue weighted by atomic mass is 16.5. The molecule has 1 atom stereocenters. The Bertz CT molecular complexity index is 586. The summed E-state index contributed by atoms with van der Waals surface area (Å²) in [6.45, 7) is 1.44. The van der Waals surface area contributed by atoms with Crippen LogP contribution in [0.2, 0.25) is 0 Å². The maximum absolute atomic E-state index is 12.6. The standard InChI is InChI=1S/C18H23NO4/c20-16(19-18(17(21)22)8-2-1-3-9-18)14-6-4-5-13(11-14)15-7-10-23-12-15/h4-6,11,15H,1-3,7-10,12H2,(H,19,20)(H,21,22). The molecule has 2 fully saturated rings. The second kappa shape index (κ2) is 6.71. The van der Waals surface area contributed by atoms with Gasteiger partial charge < -0.3 is 15.2 Å². The lowest BCUT2D eigenvalue weighted by Crippen LogP contribution is -2.55. The topological polar surface area (TPSA) is 75.6 Å². The average molecular weight is 317 g/mol. The molecule has 3 rings (SSSR count). The van der Waals surface area contributed by atoms with E-state index in [1.807, 2.05) is 18.2 Å². The molecule has 0 radical (unpaired) electrons. The predicted molar refractivity (Wildman–Crippen MR) is 85.5 cm³/mol. The number of aliphatic carboxylic acids is 1. The van der Waals surface area contributed by atoms with Crippen LogP contribution in [-0.2, 0) is 9.53 Å². The number of hydrogen-bond acceptors (Lipinski definition) is 3. The minimum atomic E-state index is -1.11. The van der Waals surface area contributed by atoms with Gasteiger partial charge in [-0.3, -0.25) is 4.79 Å². The van der Waals surface area contributed by atoms with Crippen LogP contribution in [0, 0.1) is 0 Å². The lowest BCUT2D eigenvalue weighted by Gasteiger charge is -2.34. The monoisotopic (exact) mass is 317 g/mol. The Morgan fingerprint density at radius 3 is 2.65 bits per heavy atom. The number of amides is 1. The van der Waals surface area contributed by atoms with Crippen LogP contribution in [0.5, 0.6) is 0 Å². The maximum atomic E-state index is 12.6. The summed E-state index contributed by atoms with van der Waals surface area (Å²) >= 11 is 0. The minimum absolute atomic E-state index is 0.296. The summed E-state index contributed by atoms with van der Waals surface area (Å²) in [6.07, 6.45) is 4.68. The summed E-state index contributed by atoms with van der Waals surface area (Å²) < 4.78 is 5.40. The molecule has 1 heterocycles. The molecule has 0 aromatic heterocycles. The molecule has 2 aliphatic rings. The molecule has 5 heteroatoms. The molecule has 1 saturated carbocycles. The summed E-state index contributed by atoms with van der Waals surface area (Å²) in [7, 11) is 0. The molecular formula is C18H23NO4. The number of carboxylic acids is 1. The van der Waals surface area contributed by atoms with Crippen LogP contribution >= 0.6 is 0 Å². The highest BCUT2D eigenvalue weighted by Gasteiger charge is 2.41. The summed E-state index contributed by atoms with van der Waals surface area (Å²) in [6, 6.07) is 7.47.